The monoisotopic (exact) mass is 552 g/mol. The highest BCUT2D eigenvalue weighted by Gasteiger charge is 2.19. The molecule has 1 aliphatic rings. The first kappa shape index (κ1) is 26.4. The minimum Gasteiger partial charge on any atom is -0.497 e. The molecule has 3 rings (SSSR count). The van der Waals surface area contributed by atoms with Crippen molar-refractivity contribution in [3.05, 3.63) is 65.7 Å². The second-order valence-electron chi connectivity index (χ2n) is 7.93. The molecule has 0 bridgehead atoms. The molecule has 7 heteroatoms. The van der Waals surface area contributed by atoms with Crippen LogP contribution in [0, 0.1) is 0 Å². The summed E-state index contributed by atoms with van der Waals surface area (Å²) in [6.07, 6.45) is 3.21. The quantitative estimate of drug-likeness (QED) is 0.202. The van der Waals surface area contributed by atoms with Gasteiger partial charge in [0.25, 0.3) is 0 Å². The predicted octanol–water partition coefficient (Wildman–Crippen LogP) is 4.05. The molecule has 1 fully saturated rings. The van der Waals surface area contributed by atoms with E-state index in [9.17, 15) is 0 Å². The average Bonchev–Trinajstić information content (AvgIpc) is 2.82. The summed E-state index contributed by atoms with van der Waals surface area (Å²) in [5, 5.41) is 6.99. The molecular weight excluding hydrogens is 515 g/mol. The lowest BCUT2D eigenvalue weighted by Crippen LogP contribution is -2.48. The van der Waals surface area contributed by atoms with Gasteiger partial charge in [0, 0.05) is 45.9 Å². The van der Waals surface area contributed by atoms with Crippen LogP contribution in [-0.2, 0) is 17.9 Å². The number of likely N-dealkylation sites (tertiary alicyclic amines) is 1. The standard InChI is InChI=1S/C25H36N4O2.HI/c1-26-25(27-15-6-18-31-20-22-9-11-24(30-2)12-10-22)28-23-13-16-29(17-14-23)19-21-7-4-3-5-8-21;/h3-5,7-12,23H,6,13-20H2,1-2H3,(H2,26,27,28);1H. The van der Waals surface area contributed by atoms with Crippen LogP contribution in [0.25, 0.3) is 0 Å². The second-order valence-corrected chi connectivity index (χ2v) is 7.93. The molecule has 6 nitrogen and oxygen atoms in total. The summed E-state index contributed by atoms with van der Waals surface area (Å²) in [4.78, 5) is 6.91. The highest BCUT2D eigenvalue weighted by molar-refractivity contribution is 14.0. The smallest absolute Gasteiger partial charge is 0.191 e. The Bertz CT molecular complexity index is 778. The second kappa shape index (κ2) is 15.1. The Labute approximate surface area is 209 Å². The molecule has 0 spiro atoms. The Kier molecular flexibility index (Phi) is 12.4. The number of benzene rings is 2. The average molecular weight is 553 g/mol. The van der Waals surface area contributed by atoms with E-state index in [1.54, 1.807) is 7.11 Å². The molecule has 0 unspecified atom stereocenters. The van der Waals surface area contributed by atoms with E-state index >= 15 is 0 Å². The fraction of sp³-hybridized carbons (Fsp3) is 0.480. The van der Waals surface area contributed by atoms with Gasteiger partial charge in [-0.15, -0.1) is 24.0 Å². The van der Waals surface area contributed by atoms with Gasteiger partial charge < -0.3 is 20.1 Å². The summed E-state index contributed by atoms with van der Waals surface area (Å²) in [6.45, 7) is 5.45. The number of hydrogen-bond acceptors (Lipinski definition) is 4. The third-order valence-electron chi connectivity index (χ3n) is 5.59. The van der Waals surface area contributed by atoms with Gasteiger partial charge in [0.05, 0.1) is 13.7 Å². The summed E-state index contributed by atoms with van der Waals surface area (Å²) < 4.78 is 10.9. The van der Waals surface area contributed by atoms with Crippen LogP contribution in [0.1, 0.15) is 30.4 Å². The number of hydrogen-bond donors (Lipinski definition) is 2. The molecule has 2 aromatic carbocycles. The molecule has 2 N–H and O–H groups in total. The summed E-state index contributed by atoms with van der Waals surface area (Å²) in [6, 6.07) is 19.2. The lowest BCUT2D eigenvalue weighted by molar-refractivity contribution is 0.119. The highest BCUT2D eigenvalue weighted by Crippen LogP contribution is 2.14. The zero-order valence-corrected chi connectivity index (χ0v) is 21.6. The van der Waals surface area contributed by atoms with Gasteiger partial charge in [-0.05, 0) is 42.5 Å². The number of guanidine groups is 1. The molecular formula is C25H37IN4O2. The van der Waals surface area contributed by atoms with Crippen molar-refractivity contribution < 1.29 is 9.47 Å². The molecule has 0 aromatic heterocycles. The normalized spacial score (nSPS) is 15.1. The third kappa shape index (κ3) is 9.34. The third-order valence-corrected chi connectivity index (χ3v) is 5.59. The van der Waals surface area contributed by atoms with E-state index in [-0.39, 0.29) is 24.0 Å². The minimum atomic E-state index is 0. The van der Waals surface area contributed by atoms with Gasteiger partial charge >= 0.3 is 0 Å². The maximum atomic E-state index is 5.77. The molecule has 0 amide bonds. The number of ether oxygens (including phenoxy) is 2. The van der Waals surface area contributed by atoms with Crippen molar-refractivity contribution in [2.45, 2.75) is 38.5 Å². The minimum absolute atomic E-state index is 0. The number of aliphatic imine (C=N–C) groups is 1. The fourth-order valence-electron chi connectivity index (χ4n) is 3.76. The summed E-state index contributed by atoms with van der Waals surface area (Å²) >= 11 is 0. The first-order valence-corrected chi connectivity index (χ1v) is 11.2. The Morgan fingerprint density at radius 1 is 1.03 bits per heavy atom. The van der Waals surface area contributed by atoms with E-state index < -0.39 is 0 Å². The maximum Gasteiger partial charge on any atom is 0.191 e. The van der Waals surface area contributed by atoms with Gasteiger partial charge in [0.15, 0.2) is 5.96 Å². The molecule has 32 heavy (non-hydrogen) atoms. The molecule has 2 aromatic rings. The SMILES string of the molecule is CN=C(NCCCOCc1ccc(OC)cc1)NC1CCN(Cc2ccccc2)CC1.I. The van der Waals surface area contributed by atoms with E-state index in [0.717, 1.165) is 62.7 Å². The predicted molar refractivity (Wildman–Crippen MR) is 142 cm³/mol. The largest absolute Gasteiger partial charge is 0.497 e. The lowest BCUT2D eigenvalue weighted by atomic mass is 10.0. The van der Waals surface area contributed by atoms with Crippen LogP contribution in [0.15, 0.2) is 59.6 Å². The van der Waals surface area contributed by atoms with Crippen molar-refractivity contribution in [1.29, 1.82) is 0 Å². The lowest BCUT2D eigenvalue weighted by Gasteiger charge is -2.33. The number of halogens is 1. The van der Waals surface area contributed by atoms with E-state index in [4.69, 9.17) is 9.47 Å². The van der Waals surface area contributed by atoms with Gasteiger partial charge in [0.1, 0.15) is 5.75 Å². The molecule has 1 heterocycles. The Morgan fingerprint density at radius 2 is 1.75 bits per heavy atom. The van der Waals surface area contributed by atoms with Crippen molar-refractivity contribution in [1.82, 2.24) is 15.5 Å². The van der Waals surface area contributed by atoms with Crippen LogP contribution in [0.2, 0.25) is 0 Å². The summed E-state index contributed by atoms with van der Waals surface area (Å²) in [7, 11) is 3.51. The van der Waals surface area contributed by atoms with Crippen LogP contribution in [0.5, 0.6) is 5.75 Å². The molecule has 176 valence electrons. The number of nitrogens with zero attached hydrogens (tertiary/aromatic N) is 2. The molecule has 0 saturated carbocycles. The van der Waals surface area contributed by atoms with Crippen molar-refractivity contribution in [3.63, 3.8) is 0 Å². The van der Waals surface area contributed by atoms with Gasteiger partial charge in [0.2, 0.25) is 0 Å². The van der Waals surface area contributed by atoms with Gasteiger partial charge in [-0.25, -0.2) is 0 Å². The number of nitrogens with one attached hydrogen (secondary N) is 2. The first-order chi connectivity index (χ1) is 15.3. The highest BCUT2D eigenvalue weighted by atomic mass is 127. The molecule has 0 atom stereocenters. The fourth-order valence-corrected chi connectivity index (χ4v) is 3.76. The number of rotatable bonds is 10. The van der Waals surface area contributed by atoms with Crippen LogP contribution in [-0.4, -0.2) is 57.3 Å². The molecule has 0 aliphatic carbocycles. The topological polar surface area (TPSA) is 58.1 Å². The van der Waals surface area contributed by atoms with Gasteiger partial charge in [-0.2, -0.15) is 0 Å². The zero-order chi connectivity index (χ0) is 21.7. The van der Waals surface area contributed by atoms with E-state index in [2.05, 4.69) is 50.9 Å². The van der Waals surface area contributed by atoms with Crippen LogP contribution < -0.4 is 15.4 Å². The van der Waals surface area contributed by atoms with E-state index in [1.807, 2.05) is 31.3 Å². The van der Waals surface area contributed by atoms with Crippen molar-refractivity contribution in [3.8, 4) is 5.75 Å². The first-order valence-electron chi connectivity index (χ1n) is 11.2. The molecule has 1 saturated heterocycles. The van der Waals surface area contributed by atoms with Crippen molar-refractivity contribution in [2.24, 2.45) is 4.99 Å². The Morgan fingerprint density at radius 3 is 2.41 bits per heavy atom. The van der Waals surface area contributed by atoms with Crippen molar-refractivity contribution >= 4 is 29.9 Å². The number of methoxy groups -OCH3 is 1. The maximum absolute atomic E-state index is 5.77. The van der Waals surface area contributed by atoms with Gasteiger partial charge in [-0.3, -0.25) is 9.89 Å². The molecule has 0 radical (unpaired) electrons. The Hall–Kier alpha value is -1.84. The summed E-state index contributed by atoms with van der Waals surface area (Å²) in [5.41, 5.74) is 2.55. The Balaban J connectivity index is 0.00000363. The summed E-state index contributed by atoms with van der Waals surface area (Å²) in [5.74, 6) is 1.75. The zero-order valence-electron chi connectivity index (χ0n) is 19.3. The van der Waals surface area contributed by atoms with Crippen LogP contribution in [0.3, 0.4) is 0 Å². The van der Waals surface area contributed by atoms with Crippen LogP contribution in [0.4, 0.5) is 0 Å². The van der Waals surface area contributed by atoms with Crippen molar-refractivity contribution in [2.75, 3.05) is 40.4 Å². The molecule has 1 aliphatic heterocycles. The van der Waals surface area contributed by atoms with Crippen LogP contribution >= 0.6 is 24.0 Å². The van der Waals surface area contributed by atoms with E-state index in [1.165, 1.54) is 5.56 Å². The number of piperidine rings is 1. The van der Waals surface area contributed by atoms with E-state index in [0.29, 0.717) is 19.3 Å². The van der Waals surface area contributed by atoms with Gasteiger partial charge in [-0.1, -0.05) is 42.5 Å².